The zero-order chi connectivity index (χ0) is 9.10. The Labute approximate surface area is 81.5 Å². The van der Waals surface area contributed by atoms with Crippen molar-refractivity contribution in [3.63, 3.8) is 0 Å². The minimum Gasteiger partial charge on any atom is -0.481 e. The molecule has 13 heavy (non-hydrogen) atoms. The van der Waals surface area contributed by atoms with Crippen LogP contribution in [0.1, 0.15) is 25.7 Å². The van der Waals surface area contributed by atoms with E-state index in [0.717, 1.165) is 17.9 Å². The van der Waals surface area contributed by atoms with Gasteiger partial charge in [0.1, 0.15) is 11.9 Å². The maximum absolute atomic E-state index is 11.0. The summed E-state index contributed by atoms with van der Waals surface area (Å²) in [6, 6.07) is 3.95. The number of hydrogen-bond donors (Lipinski definition) is 0. The normalized spacial score (nSPS) is 18.9. The Morgan fingerprint density at radius 3 is 2.77 bits per heavy atom. The van der Waals surface area contributed by atoms with Crippen molar-refractivity contribution in [3.8, 4) is 5.06 Å². The van der Waals surface area contributed by atoms with Crippen LogP contribution in [0.15, 0.2) is 17.5 Å². The average Bonchev–Trinajstić information content (AvgIpc) is 2.62. The Morgan fingerprint density at radius 2 is 2.15 bits per heavy atom. The number of ether oxygens (including phenoxy) is 1. The average molecular weight is 196 g/mol. The molecule has 1 fully saturated rings. The molecule has 0 amide bonds. The summed E-state index contributed by atoms with van der Waals surface area (Å²) < 4.78 is 5.71. The number of thiophene rings is 1. The van der Waals surface area contributed by atoms with Gasteiger partial charge >= 0.3 is 0 Å². The van der Waals surface area contributed by atoms with Gasteiger partial charge in [0.2, 0.25) is 0 Å². The van der Waals surface area contributed by atoms with Crippen LogP contribution in [-0.2, 0) is 4.79 Å². The van der Waals surface area contributed by atoms with E-state index in [1.165, 1.54) is 0 Å². The van der Waals surface area contributed by atoms with Crippen molar-refractivity contribution in [2.45, 2.75) is 31.8 Å². The van der Waals surface area contributed by atoms with E-state index in [1.54, 1.807) is 11.3 Å². The smallest absolute Gasteiger partial charge is 0.174 e. The summed E-state index contributed by atoms with van der Waals surface area (Å²) in [4.78, 5) is 11.0. The van der Waals surface area contributed by atoms with Crippen LogP contribution in [0.5, 0.6) is 5.06 Å². The van der Waals surface area contributed by atoms with Crippen LogP contribution in [0.25, 0.3) is 0 Å². The van der Waals surface area contributed by atoms with E-state index in [4.69, 9.17) is 4.74 Å². The van der Waals surface area contributed by atoms with E-state index in [2.05, 4.69) is 0 Å². The van der Waals surface area contributed by atoms with Gasteiger partial charge < -0.3 is 4.74 Å². The molecule has 0 saturated heterocycles. The quantitative estimate of drug-likeness (QED) is 0.726. The lowest BCUT2D eigenvalue weighted by Crippen LogP contribution is -2.23. The molecule has 0 spiro atoms. The van der Waals surface area contributed by atoms with Crippen molar-refractivity contribution in [3.05, 3.63) is 17.5 Å². The zero-order valence-corrected chi connectivity index (χ0v) is 8.18. The number of rotatable bonds is 2. The third-order valence-corrected chi connectivity index (χ3v) is 3.03. The Balaban J connectivity index is 1.86. The van der Waals surface area contributed by atoms with Gasteiger partial charge in [-0.1, -0.05) is 0 Å². The summed E-state index contributed by atoms with van der Waals surface area (Å²) >= 11 is 1.61. The van der Waals surface area contributed by atoms with Crippen LogP contribution < -0.4 is 4.74 Å². The number of carbonyl (C=O) groups is 1. The lowest BCUT2D eigenvalue weighted by molar-refractivity contribution is -0.121. The molecule has 0 atom stereocenters. The SMILES string of the molecule is O=C1CCC(Oc2cccs2)CC1. The molecule has 0 bridgehead atoms. The zero-order valence-electron chi connectivity index (χ0n) is 7.36. The minimum absolute atomic E-state index is 0.261. The van der Waals surface area contributed by atoms with Gasteiger partial charge in [-0.2, -0.15) is 0 Å². The topological polar surface area (TPSA) is 26.3 Å². The second-order valence-electron chi connectivity index (χ2n) is 3.29. The molecule has 1 saturated carbocycles. The van der Waals surface area contributed by atoms with Gasteiger partial charge in [-0.25, -0.2) is 0 Å². The van der Waals surface area contributed by atoms with E-state index in [0.29, 0.717) is 18.6 Å². The van der Waals surface area contributed by atoms with Crippen LogP contribution >= 0.6 is 11.3 Å². The van der Waals surface area contributed by atoms with E-state index in [-0.39, 0.29) is 6.10 Å². The van der Waals surface area contributed by atoms with Gasteiger partial charge in [0.15, 0.2) is 5.06 Å². The Morgan fingerprint density at radius 1 is 1.38 bits per heavy atom. The third-order valence-electron chi connectivity index (χ3n) is 2.27. The molecule has 1 heterocycles. The summed E-state index contributed by atoms with van der Waals surface area (Å²) in [5, 5.41) is 2.97. The summed E-state index contributed by atoms with van der Waals surface area (Å²) in [5.74, 6) is 0.381. The van der Waals surface area contributed by atoms with Crippen molar-refractivity contribution in [1.82, 2.24) is 0 Å². The molecule has 3 heteroatoms. The van der Waals surface area contributed by atoms with E-state index in [1.807, 2.05) is 17.5 Å². The Hall–Kier alpha value is -0.830. The predicted octanol–water partition coefficient (Wildman–Crippen LogP) is 2.64. The Kier molecular flexibility index (Phi) is 2.64. The first-order valence-corrected chi connectivity index (χ1v) is 5.44. The molecule has 0 radical (unpaired) electrons. The van der Waals surface area contributed by atoms with Gasteiger partial charge in [0.05, 0.1) is 0 Å². The highest BCUT2D eigenvalue weighted by atomic mass is 32.1. The summed E-state index contributed by atoms with van der Waals surface area (Å²) in [7, 11) is 0. The molecule has 2 nitrogen and oxygen atoms in total. The summed E-state index contributed by atoms with van der Waals surface area (Å²) in [5.41, 5.74) is 0. The largest absolute Gasteiger partial charge is 0.481 e. The highest BCUT2D eigenvalue weighted by Gasteiger charge is 2.19. The number of hydrogen-bond acceptors (Lipinski definition) is 3. The van der Waals surface area contributed by atoms with Gasteiger partial charge in [0, 0.05) is 12.8 Å². The molecule has 2 rings (SSSR count). The Bertz CT molecular complexity index is 269. The number of carbonyl (C=O) groups excluding carboxylic acids is 1. The van der Waals surface area contributed by atoms with E-state index >= 15 is 0 Å². The maximum atomic E-state index is 11.0. The van der Waals surface area contributed by atoms with E-state index < -0.39 is 0 Å². The molecule has 0 aromatic carbocycles. The summed E-state index contributed by atoms with van der Waals surface area (Å²) in [6.07, 6.45) is 3.41. The molecule has 70 valence electrons. The van der Waals surface area contributed by atoms with Crippen LogP contribution in [-0.4, -0.2) is 11.9 Å². The number of Topliss-reactive ketones (excluding diaryl/α,β-unsaturated/α-hetero) is 1. The second kappa shape index (κ2) is 3.92. The first kappa shape index (κ1) is 8.75. The molecular formula is C10H12O2S. The second-order valence-corrected chi connectivity index (χ2v) is 4.20. The molecule has 0 N–H and O–H groups in total. The van der Waals surface area contributed by atoms with Crippen molar-refractivity contribution >= 4 is 17.1 Å². The fourth-order valence-corrected chi connectivity index (χ4v) is 2.17. The lowest BCUT2D eigenvalue weighted by atomic mass is 9.97. The monoisotopic (exact) mass is 196 g/mol. The van der Waals surface area contributed by atoms with Gasteiger partial charge in [-0.05, 0) is 30.4 Å². The highest BCUT2D eigenvalue weighted by molar-refractivity contribution is 7.11. The van der Waals surface area contributed by atoms with Gasteiger partial charge in [-0.15, -0.1) is 11.3 Å². The first-order chi connectivity index (χ1) is 6.34. The van der Waals surface area contributed by atoms with Crippen LogP contribution in [0, 0.1) is 0 Å². The third kappa shape index (κ3) is 2.31. The van der Waals surface area contributed by atoms with E-state index in [9.17, 15) is 4.79 Å². The summed E-state index contributed by atoms with van der Waals surface area (Å²) in [6.45, 7) is 0. The number of ketones is 1. The standard InChI is InChI=1S/C10H12O2S/c11-8-3-5-9(6-4-8)12-10-2-1-7-13-10/h1-2,7,9H,3-6H2. The fraction of sp³-hybridized carbons (Fsp3) is 0.500. The van der Waals surface area contributed by atoms with Crippen molar-refractivity contribution < 1.29 is 9.53 Å². The predicted molar refractivity (Wildman–Crippen MR) is 52.2 cm³/mol. The maximum Gasteiger partial charge on any atom is 0.174 e. The molecule has 1 aliphatic carbocycles. The van der Waals surface area contributed by atoms with Crippen molar-refractivity contribution in [2.24, 2.45) is 0 Å². The molecule has 1 aromatic rings. The highest BCUT2D eigenvalue weighted by Crippen LogP contribution is 2.25. The minimum atomic E-state index is 0.261. The van der Waals surface area contributed by atoms with Gasteiger partial charge in [-0.3, -0.25) is 4.79 Å². The van der Waals surface area contributed by atoms with Crippen LogP contribution in [0.4, 0.5) is 0 Å². The molecule has 1 aromatic heterocycles. The van der Waals surface area contributed by atoms with Crippen LogP contribution in [0.2, 0.25) is 0 Å². The fourth-order valence-electron chi connectivity index (χ4n) is 1.53. The molecular weight excluding hydrogens is 184 g/mol. The first-order valence-electron chi connectivity index (χ1n) is 4.56. The molecule has 0 aliphatic heterocycles. The van der Waals surface area contributed by atoms with Crippen molar-refractivity contribution in [1.29, 1.82) is 0 Å². The molecule has 0 unspecified atom stereocenters. The van der Waals surface area contributed by atoms with Crippen LogP contribution in [0.3, 0.4) is 0 Å². The van der Waals surface area contributed by atoms with Crippen molar-refractivity contribution in [2.75, 3.05) is 0 Å². The molecule has 1 aliphatic rings. The van der Waals surface area contributed by atoms with Gasteiger partial charge in [0.25, 0.3) is 0 Å². The lowest BCUT2D eigenvalue weighted by Gasteiger charge is -2.21.